The van der Waals surface area contributed by atoms with Crippen molar-refractivity contribution < 1.29 is 23.1 Å². The van der Waals surface area contributed by atoms with Crippen LogP contribution in [0.4, 0.5) is 20.3 Å². The molecule has 1 saturated heterocycles. The van der Waals surface area contributed by atoms with Gasteiger partial charge in [0.2, 0.25) is 0 Å². The summed E-state index contributed by atoms with van der Waals surface area (Å²) in [6, 6.07) is 11.2. The minimum Gasteiger partial charge on any atom is -0.382 e. The number of pyridine rings is 1. The predicted octanol–water partition coefficient (Wildman–Crippen LogP) is 3.70. The van der Waals surface area contributed by atoms with E-state index < -0.39 is 28.9 Å². The van der Waals surface area contributed by atoms with Crippen LogP contribution in [0.15, 0.2) is 59.8 Å². The number of nitrogens with two attached hydrogens (primary N) is 1. The Labute approximate surface area is 272 Å². The summed E-state index contributed by atoms with van der Waals surface area (Å²) in [4.78, 5) is 49.4. The van der Waals surface area contributed by atoms with Gasteiger partial charge in [-0.3, -0.25) is 19.1 Å². The summed E-state index contributed by atoms with van der Waals surface area (Å²) in [5.74, 6) is -1.43. The van der Waals surface area contributed by atoms with E-state index in [4.69, 9.17) is 10.5 Å². The maximum atomic E-state index is 15.9. The number of anilines is 2. The molecule has 3 N–H and O–H groups in total. The molecule has 1 fully saturated rings. The topological polar surface area (TPSA) is 155 Å². The lowest BCUT2D eigenvalue weighted by Crippen LogP contribution is -2.46. The second kappa shape index (κ2) is 12.0. The van der Waals surface area contributed by atoms with Crippen LogP contribution < -0.4 is 16.6 Å². The van der Waals surface area contributed by atoms with E-state index >= 15 is 4.39 Å². The molecular formula is C33H33F2N9O4. The average Bonchev–Trinajstić information content (AvgIpc) is 3.60. The first kappa shape index (κ1) is 31.2. The second-order valence-corrected chi connectivity index (χ2v) is 12.4. The van der Waals surface area contributed by atoms with E-state index in [9.17, 15) is 18.8 Å². The third kappa shape index (κ3) is 5.39. The van der Waals surface area contributed by atoms with Gasteiger partial charge < -0.3 is 20.7 Å². The number of benzene rings is 1. The number of nitrogens with one attached hydrogen (secondary N) is 1. The molecule has 7 rings (SSSR count). The molecule has 13 nitrogen and oxygen atoms in total. The van der Waals surface area contributed by atoms with Gasteiger partial charge in [-0.1, -0.05) is 6.07 Å². The molecular weight excluding hydrogens is 624 g/mol. The number of fused-ring (bicyclic) bond motifs is 2. The Morgan fingerprint density at radius 2 is 1.85 bits per heavy atom. The monoisotopic (exact) mass is 657 g/mol. The molecule has 48 heavy (non-hydrogen) atoms. The normalized spacial score (nSPS) is 15.5. The van der Waals surface area contributed by atoms with Gasteiger partial charge in [-0.25, -0.2) is 23.3 Å². The van der Waals surface area contributed by atoms with E-state index in [1.54, 1.807) is 39.7 Å². The maximum absolute atomic E-state index is 15.9. The minimum atomic E-state index is -1.96. The number of piperidine rings is 1. The van der Waals surface area contributed by atoms with Crippen molar-refractivity contribution in [2.24, 2.45) is 0 Å². The summed E-state index contributed by atoms with van der Waals surface area (Å²) in [7, 11) is 0. The van der Waals surface area contributed by atoms with E-state index in [1.807, 2.05) is 6.07 Å². The van der Waals surface area contributed by atoms with E-state index in [1.165, 1.54) is 41.9 Å². The maximum Gasteiger partial charge on any atom is 0.286 e. The fourth-order valence-corrected chi connectivity index (χ4v) is 6.57. The van der Waals surface area contributed by atoms with Crippen LogP contribution in [-0.2, 0) is 22.7 Å². The molecule has 2 amide bonds. The fraction of sp³-hybridized carbons (Fsp3) is 0.333. The first-order valence-electron chi connectivity index (χ1n) is 15.6. The lowest BCUT2D eigenvalue weighted by Gasteiger charge is -2.34. The van der Waals surface area contributed by atoms with Gasteiger partial charge in [0.25, 0.3) is 17.4 Å². The van der Waals surface area contributed by atoms with Crippen LogP contribution in [0.25, 0.3) is 22.5 Å². The SMILES string of the molecule is CC(C)(F)C(=O)N1CCC(c2cc(-c3ccc(NC(=O)c4c5n(n(-c6ccccn6)c4=O)CCOC5)cc3F)c3c(N)ncnn23)CC1. The van der Waals surface area contributed by atoms with Gasteiger partial charge in [0.1, 0.15) is 23.2 Å². The molecule has 0 aliphatic carbocycles. The van der Waals surface area contributed by atoms with Crippen molar-refractivity contribution in [2.45, 2.75) is 51.4 Å². The van der Waals surface area contributed by atoms with Crippen molar-refractivity contribution in [2.75, 3.05) is 30.7 Å². The number of halogens is 2. The zero-order valence-electron chi connectivity index (χ0n) is 26.3. The number of carbonyl (C=O) groups is 2. The van der Waals surface area contributed by atoms with Gasteiger partial charge in [-0.15, -0.1) is 0 Å². The first-order valence-corrected chi connectivity index (χ1v) is 15.6. The van der Waals surface area contributed by atoms with E-state index in [0.717, 1.165) is 5.69 Å². The van der Waals surface area contributed by atoms with Crippen LogP contribution in [0.3, 0.4) is 0 Å². The van der Waals surface area contributed by atoms with Crippen molar-refractivity contribution in [1.29, 1.82) is 0 Å². The number of alkyl halides is 1. The molecule has 0 atom stereocenters. The molecule has 0 bridgehead atoms. The Morgan fingerprint density at radius 1 is 1.06 bits per heavy atom. The summed E-state index contributed by atoms with van der Waals surface area (Å²) in [5.41, 5.74) is 6.04. The van der Waals surface area contributed by atoms with Gasteiger partial charge in [0.05, 0.1) is 25.5 Å². The Kier molecular flexibility index (Phi) is 7.78. The molecule has 15 heteroatoms. The first-order chi connectivity index (χ1) is 23.0. The third-order valence-electron chi connectivity index (χ3n) is 8.86. The lowest BCUT2D eigenvalue weighted by atomic mass is 9.92. The smallest absolute Gasteiger partial charge is 0.286 e. The number of likely N-dealkylation sites (tertiary alicyclic amines) is 1. The van der Waals surface area contributed by atoms with Gasteiger partial charge in [-0.05, 0) is 63.1 Å². The molecule has 2 aliphatic heterocycles. The highest BCUT2D eigenvalue weighted by molar-refractivity contribution is 6.05. The zero-order chi connectivity index (χ0) is 33.7. The molecule has 2 aliphatic rings. The van der Waals surface area contributed by atoms with Gasteiger partial charge in [0, 0.05) is 47.7 Å². The molecule has 6 heterocycles. The predicted molar refractivity (Wildman–Crippen MR) is 172 cm³/mol. The van der Waals surface area contributed by atoms with Crippen LogP contribution in [-0.4, -0.2) is 71.0 Å². The molecule has 0 saturated carbocycles. The molecule has 5 aromatic rings. The number of aromatic nitrogens is 6. The van der Waals surface area contributed by atoms with Crippen molar-refractivity contribution in [3.8, 4) is 16.9 Å². The number of nitrogen functional groups attached to an aromatic ring is 1. The van der Waals surface area contributed by atoms with E-state index in [0.29, 0.717) is 61.7 Å². The highest BCUT2D eigenvalue weighted by atomic mass is 19.1. The van der Waals surface area contributed by atoms with Crippen LogP contribution in [0.2, 0.25) is 0 Å². The highest BCUT2D eigenvalue weighted by Gasteiger charge is 2.35. The fourth-order valence-electron chi connectivity index (χ4n) is 6.57. The summed E-state index contributed by atoms with van der Waals surface area (Å²) in [6.45, 7) is 4.01. The Morgan fingerprint density at radius 3 is 2.56 bits per heavy atom. The number of nitrogens with zero attached hydrogens (tertiary/aromatic N) is 7. The quantitative estimate of drug-likeness (QED) is 0.280. The number of ether oxygens (including phenoxy) is 1. The summed E-state index contributed by atoms with van der Waals surface area (Å²) >= 11 is 0. The zero-order valence-corrected chi connectivity index (χ0v) is 26.3. The Balaban J connectivity index is 1.18. The molecule has 248 valence electrons. The number of hydrogen-bond acceptors (Lipinski definition) is 8. The molecule has 0 radical (unpaired) electrons. The minimum absolute atomic E-state index is 0.0543. The van der Waals surface area contributed by atoms with E-state index in [-0.39, 0.29) is 35.2 Å². The largest absolute Gasteiger partial charge is 0.382 e. The van der Waals surface area contributed by atoms with Gasteiger partial charge in [0.15, 0.2) is 17.3 Å². The Bertz CT molecular complexity index is 2110. The standard InChI is InChI=1S/C33H33F2N9O4/c1-33(2,35)32(47)41-11-8-19(9-12-41)24-16-22(28-29(36)38-18-39-43(24)28)21-7-6-20(15-23(21)34)40-30(45)27-25-17-48-14-13-42(25)44(31(27)46)26-5-3-4-10-37-26/h3-7,10,15-16,18-19H,8-9,11-14,17H2,1-2H3,(H,40,45)(H2,36,38,39). The van der Waals surface area contributed by atoms with Crippen LogP contribution >= 0.6 is 0 Å². The second-order valence-electron chi connectivity index (χ2n) is 12.4. The van der Waals surface area contributed by atoms with Gasteiger partial charge >= 0.3 is 0 Å². The van der Waals surface area contributed by atoms with E-state index in [2.05, 4.69) is 20.4 Å². The summed E-state index contributed by atoms with van der Waals surface area (Å²) < 4.78 is 40.4. The number of carbonyl (C=O) groups excluding carboxylic acids is 2. The summed E-state index contributed by atoms with van der Waals surface area (Å²) in [6.07, 6.45) is 3.99. The number of amides is 2. The van der Waals surface area contributed by atoms with Crippen molar-refractivity contribution in [3.05, 3.63) is 88.1 Å². The third-order valence-corrected chi connectivity index (χ3v) is 8.86. The highest BCUT2D eigenvalue weighted by Crippen LogP contribution is 2.38. The average molecular weight is 658 g/mol. The Hall–Kier alpha value is -5.44. The molecule has 0 unspecified atom stereocenters. The number of rotatable bonds is 6. The molecule has 4 aromatic heterocycles. The van der Waals surface area contributed by atoms with Crippen LogP contribution in [0.1, 0.15) is 54.4 Å². The van der Waals surface area contributed by atoms with Crippen molar-refractivity contribution in [1.82, 2.24) is 33.8 Å². The molecule has 0 spiro atoms. The van der Waals surface area contributed by atoms with Crippen molar-refractivity contribution in [3.63, 3.8) is 0 Å². The number of hydrogen-bond donors (Lipinski definition) is 2. The molecule has 1 aromatic carbocycles. The van der Waals surface area contributed by atoms with Gasteiger partial charge in [-0.2, -0.15) is 9.78 Å². The summed E-state index contributed by atoms with van der Waals surface area (Å²) in [5, 5.41) is 7.07. The lowest BCUT2D eigenvalue weighted by molar-refractivity contribution is -0.143. The van der Waals surface area contributed by atoms with Crippen molar-refractivity contribution >= 4 is 28.8 Å². The van der Waals surface area contributed by atoms with Crippen LogP contribution in [0.5, 0.6) is 0 Å². The van der Waals surface area contributed by atoms with Crippen LogP contribution in [0, 0.1) is 5.82 Å².